The van der Waals surface area contributed by atoms with E-state index in [2.05, 4.69) is 26.9 Å². The highest BCUT2D eigenvalue weighted by atomic mass is 16.5. The number of nitrogens with one attached hydrogen (secondary N) is 3. The van der Waals surface area contributed by atoms with Gasteiger partial charge in [-0.1, -0.05) is 18.2 Å². The molecule has 7 heteroatoms. The highest BCUT2D eigenvalue weighted by molar-refractivity contribution is 5.96. The second-order valence-electron chi connectivity index (χ2n) is 7.45. The first-order chi connectivity index (χ1) is 14.6. The fourth-order valence-electron chi connectivity index (χ4n) is 3.56. The van der Waals surface area contributed by atoms with Crippen LogP contribution in [0.5, 0.6) is 5.75 Å². The summed E-state index contributed by atoms with van der Waals surface area (Å²) in [4.78, 5) is 26.8. The Balaban J connectivity index is 1.49. The molecule has 7 nitrogen and oxygen atoms in total. The van der Waals surface area contributed by atoms with Crippen LogP contribution < -0.4 is 25.6 Å². The number of carbonyl (C=O) groups excluding carboxylic acids is 2. The molecule has 30 heavy (non-hydrogen) atoms. The zero-order valence-corrected chi connectivity index (χ0v) is 17.7. The van der Waals surface area contributed by atoms with Gasteiger partial charge in [-0.05, 0) is 56.0 Å². The third-order valence-electron chi connectivity index (χ3n) is 5.12. The van der Waals surface area contributed by atoms with Gasteiger partial charge in [-0.2, -0.15) is 0 Å². The van der Waals surface area contributed by atoms with Crippen LogP contribution in [0.15, 0.2) is 42.5 Å². The van der Waals surface area contributed by atoms with E-state index in [1.165, 1.54) is 19.3 Å². The molecule has 160 valence electrons. The summed E-state index contributed by atoms with van der Waals surface area (Å²) in [5, 5.41) is 8.64. The molecule has 1 aliphatic heterocycles. The number of nitrogens with zero attached hydrogens (tertiary/aromatic N) is 1. The summed E-state index contributed by atoms with van der Waals surface area (Å²) >= 11 is 0. The SMILES string of the molecule is COc1ccc(C)cc1NC(=O)CNC(=O)CNc1ccccc1N1CCCCC1. The molecule has 0 bridgehead atoms. The molecule has 0 unspecified atom stereocenters. The minimum absolute atomic E-state index is 0.103. The molecule has 0 aliphatic carbocycles. The van der Waals surface area contributed by atoms with E-state index in [0.717, 1.165) is 30.0 Å². The first-order valence-electron chi connectivity index (χ1n) is 10.4. The summed E-state index contributed by atoms with van der Waals surface area (Å²) in [6, 6.07) is 13.6. The highest BCUT2D eigenvalue weighted by Gasteiger charge is 2.15. The molecule has 2 aromatic carbocycles. The standard InChI is InChI=1S/C23H30N4O3/c1-17-10-11-21(30-2)19(14-17)26-23(29)16-25-22(28)15-24-18-8-4-5-9-20(18)27-12-6-3-7-13-27/h4-5,8-11,14,24H,3,6-7,12-13,15-16H2,1-2H3,(H,25,28)(H,26,29). The number of carbonyl (C=O) groups is 2. The number of benzene rings is 2. The van der Waals surface area contributed by atoms with Crippen molar-refractivity contribution in [3.63, 3.8) is 0 Å². The maximum absolute atomic E-state index is 12.2. The number of ether oxygens (including phenoxy) is 1. The fraction of sp³-hybridized carbons (Fsp3) is 0.391. The average Bonchev–Trinajstić information content (AvgIpc) is 2.77. The van der Waals surface area contributed by atoms with Crippen LogP contribution >= 0.6 is 0 Å². The molecule has 1 aliphatic rings. The molecule has 0 saturated carbocycles. The predicted molar refractivity (Wildman–Crippen MR) is 120 cm³/mol. The normalized spacial score (nSPS) is 13.5. The van der Waals surface area contributed by atoms with E-state index in [4.69, 9.17) is 4.74 Å². The molecule has 0 spiro atoms. The molecule has 1 saturated heterocycles. The second-order valence-corrected chi connectivity index (χ2v) is 7.45. The van der Waals surface area contributed by atoms with Crippen LogP contribution in [0.3, 0.4) is 0 Å². The molecular weight excluding hydrogens is 380 g/mol. The fourth-order valence-corrected chi connectivity index (χ4v) is 3.56. The Morgan fingerprint density at radius 1 is 0.967 bits per heavy atom. The first kappa shape index (κ1) is 21.5. The number of methoxy groups -OCH3 is 1. The summed E-state index contributed by atoms with van der Waals surface area (Å²) < 4.78 is 5.26. The third kappa shape index (κ3) is 5.89. The quantitative estimate of drug-likeness (QED) is 0.623. The summed E-state index contributed by atoms with van der Waals surface area (Å²) in [6.07, 6.45) is 3.65. The van der Waals surface area contributed by atoms with Gasteiger partial charge in [0, 0.05) is 13.1 Å². The minimum Gasteiger partial charge on any atom is -0.495 e. The Morgan fingerprint density at radius 2 is 1.73 bits per heavy atom. The van der Waals surface area contributed by atoms with E-state index in [9.17, 15) is 9.59 Å². The van der Waals surface area contributed by atoms with Crippen molar-refractivity contribution < 1.29 is 14.3 Å². The predicted octanol–water partition coefficient (Wildman–Crippen LogP) is 3.16. The van der Waals surface area contributed by atoms with Crippen LogP contribution in [0, 0.1) is 6.92 Å². The van der Waals surface area contributed by atoms with E-state index in [1.807, 2.05) is 37.3 Å². The molecule has 2 aromatic rings. The van der Waals surface area contributed by atoms with Crippen LogP contribution in [0.25, 0.3) is 0 Å². The van der Waals surface area contributed by atoms with Crippen molar-refractivity contribution in [3.05, 3.63) is 48.0 Å². The Labute approximate surface area is 177 Å². The molecule has 0 radical (unpaired) electrons. The van der Waals surface area contributed by atoms with Gasteiger partial charge in [-0.15, -0.1) is 0 Å². The lowest BCUT2D eigenvalue weighted by Gasteiger charge is -2.30. The van der Waals surface area contributed by atoms with Crippen molar-refractivity contribution in [2.75, 3.05) is 48.8 Å². The maximum Gasteiger partial charge on any atom is 0.243 e. The van der Waals surface area contributed by atoms with Gasteiger partial charge in [0.15, 0.2) is 0 Å². The van der Waals surface area contributed by atoms with Gasteiger partial charge in [-0.3, -0.25) is 9.59 Å². The van der Waals surface area contributed by atoms with Crippen molar-refractivity contribution in [3.8, 4) is 5.75 Å². The summed E-state index contributed by atoms with van der Waals surface area (Å²) in [7, 11) is 1.55. The van der Waals surface area contributed by atoms with Crippen molar-refractivity contribution in [2.45, 2.75) is 26.2 Å². The number of rotatable bonds is 8. The summed E-state index contributed by atoms with van der Waals surface area (Å²) in [5.74, 6) is 0.0343. The number of anilines is 3. The number of amides is 2. The van der Waals surface area contributed by atoms with Crippen molar-refractivity contribution in [1.29, 1.82) is 0 Å². The monoisotopic (exact) mass is 410 g/mol. The average molecular weight is 411 g/mol. The van der Waals surface area contributed by atoms with Gasteiger partial charge in [0.25, 0.3) is 0 Å². The number of aryl methyl sites for hydroxylation is 1. The molecule has 1 fully saturated rings. The Kier molecular flexibility index (Phi) is 7.54. The van der Waals surface area contributed by atoms with Crippen LogP contribution in [0.1, 0.15) is 24.8 Å². The van der Waals surface area contributed by atoms with Crippen LogP contribution in [-0.4, -0.2) is 45.1 Å². The third-order valence-corrected chi connectivity index (χ3v) is 5.12. The molecule has 3 N–H and O–H groups in total. The van der Waals surface area contributed by atoms with Gasteiger partial charge in [0.05, 0.1) is 37.3 Å². The Morgan fingerprint density at radius 3 is 2.50 bits per heavy atom. The largest absolute Gasteiger partial charge is 0.495 e. The zero-order valence-electron chi connectivity index (χ0n) is 17.7. The lowest BCUT2D eigenvalue weighted by Crippen LogP contribution is -2.36. The number of hydrogen-bond acceptors (Lipinski definition) is 5. The number of hydrogen-bond donors (Lipinski definition) is 3. The van der Waals surface area contributed by atoms with Gasteiger partial charge < -0.3 is 25.6 Å². The van der Waals surface area contributed by atoms with Gasteiger partial charge in [0.2, 0.25) is 11.8 Å². The molecular formula is C23H30N4O3. The number of piperidine rings is 1. The molecule has 3 rings (SSSR count). The maximum atomic E-state index is 12.2. The van der Waals surface area contributed by atoms with Gasteiger partial charge >= 0.3 is 0 Å². The van der Waals surface area contributed by atoms with E-state index in [1.54, 1.807) is 13.2 Å². The second kappa shape index (κ2) is 10.5. The van der Waals surface area contributed by atoms with Crippen molar-refractivity contribution in [1.82, 2.24) is 5.32 Å². The Hall–Kier alpha value is -3.22. The van der Waals surface area contributed by atoms with Crippen molar-refractivity contribution >= 4 is 28.9 Å². The lowest BCUT2D eigenvalue weighted by atomic mass is 10.1. The molecule has 1 heterocycles. The highest BCUT2D eigenvalue weighted by Crippen LogP contribution is 2.28. The van der Waals surface area contributed by atoms with Gasteiger partial charge in [-0.25, -0.2) is 0 Å². The minimum atomic E-state index is -0.305. The van der Waals surface area contributed by atoms with E-state index in [-0.39, 0.29) is 24.9 Å². The first-order valence-corrected chi connectivity index (χ1v) is 10.4. The molecule has 2 amide bonds. The van der Waals surface area contributed by atoms with E-state index < -0.39 is 0 Å². The molecule has 0 atom stereocenters. The topological polar surface area (TPSA) is 82.7 Å². The van der Waals surface area contributed by atoms with Crippen molar-refractivity contribution in [2.24, 2.45) is 0 Å². The van der Waals surface area contributed by atoms with Crippen LogP contribution in [0.4, 0.5) is 17.1 Å². The van der Waals surface area contributed by atoms with Crippen LogP contribution in [0.2, 0.25) is 0 Å². The summed E-state index contributed by atoms with van der Waals surface area (Å²) in [6.45, 7) is 4.00. The van der Waals surface area contributed by atoms with Gasteiger partial charge in [0.1, 0.15) is 5.75 Å². The Bertz CT molecular complexity index is 879. The smallest absolute Gasteiger partial charge is 0.243 e. The van der Waals surface area contributed by atoms with E-state index >= 15 is 0 Å². The van der Waals surface area contributed by atoms with Crippen LogP contribution in [-0.2, 0) is 9.59 Å². The lowest BCUT2D eigenvalue weighted by molar-refractivity contribution is -0.122. The van der Waals surface area contributed by atoms with E-state index in [0.29, 0.717) is 11.4 Å². The zero-order chi connectivity index (χ0) is 21.3. The molecule has 0 aromatic heterocycles. The summed E-state index contributed by atoms with van der Waals surface area (Å²) in [5.41, 5.74) is 3.65. The number of para-hydroxylation sites is 2.